The number of rotatable bonds is 7. The molecule has 7 rings (SSSR count). The Balaban J connectivity index is 1.45. The molecule has 0 bridgehead atoms. The van der Waals surface area contributed by atoms with E-state index in [4.69, 9.17) is 31.0 Å². The van der Waals surface area contributed by atoms with Gasteiger partial charge < -0.3 is 24.6 Å². The smallest absolute Gasteiger partial charge is 0.319 e. The monoisotopic (exact) mass is 561 g/mol. The van der Waals surface area contributed by atoms with E-state index in [9.17, 15) is 0 Å². The molecule has 2 atom stereocenters. The minimum Gasteiger partial charge on any atom is -0.487 e. The average molecular weight is 562 g/mol. The zero-order chi connectivity index (χ0) is 27.4. The van der Waals surface area contributed by atoms with E-state index in [0.717, 1.165) is 89.8 Å². The highest BCUT2D eigenvalue weighted by Gasteiger charge is 2.32. The van der Waals surface area contributed by atoms with Crippen LogP contribution in [-0.4, -0.2) is 83.1 Å². The number of halogens is 1. The van der Waals surface area contributed by atoms with Crippen molar-refractivity contribution in [3.05, 3.63) is 35.0 Å². The Labute approximate surface area is 239 Å². The van der Waals surface area contributed by atoms with Crippen molar-refractivity contribution < 1.29 is 9.47 Å². The summed E-state index contributed by atoms with van der Waals surface area (Å²) in [4.78, 5) is 14.8. The zero-order valence-corrected chi connectivity index (χ0v) is 24.1. The molecule has 2 N–H and O–H groups in total. The van der Waals surface area contributed by atoms with Gasteiger partial charge in [-0.25, -0.2) is 0 Å². The highest BCUT2D eigenvalue weighted by Crippen LogP contribution is 2.48. The summed E-state index contributed by atoms with van der Waals surface area (Å²) in [7, 11) is 2.16. The number of nitrogens with one attached hydrogen (secondary N) is 2. The van der Waals surface area contributed by atoms with Crippen LogP contribution in [0.5, 0.6) is 11.8 Å². The van der Waals surface area contributed by atoms with Crippen molar-refractivity contribution >= 4 is 39.2 Å². The minimum absolute atomic E-state index is 0.150. The van der Waals surface area contributed by atoms with Gasteiger partial charge in [0.1, 0.15) is 17.9 Å². The van der Waals surface area contributed by atoms with Gasteiger partial charge in [0.05, 0.1) is 22.8 Å². The van der Waals surface area contributed by atoms with E-state index in [0.29, 0.717) is 29.4 Å². The van der Waals surface area contributed by atoms with Gasteiger partial charge in [-0.05, 0) is 70.8 Å². The van der Waals surface area contributed by atoms with Crippen LogP contribution in [0.1, 0.15) is 38.2 Å². The van der Waals surface area contributed by atoms with Crippen LogP contribution in [0.25, 0.3) is 32.9 Å². The van der Waals surface area contributed by atoms with Crippen LogP contribution in [0.2, 0.25) is 5.02 Å². The van der Waals surface area contributed by atoms with Gasteiger partial charge in [-0.3, -0.25) is 5.10 Å². The van der Waals surface area contributed by atoms with Crippen molar-refractivity contribution in [1.82, 2.24) is 30.4 Å². The summed E-state index contributed by atoms with van der Waals surface area (Å²) >= 11 is 7.20. The normalized spacial score (nSPS) is 21.9. The Bertz CT molecular complexity index is 1570. The number of aryl methyl sites for hydroxylation is 1. The first-order valence-electron chi connectivity index (χ1n) is 14.4. The van der Waals surface area contributed by atoms with E-state index in [1.807, 2.05) is 12.3 Å². The molecular formula is C30H36ClN7O2. The third kappa shape index (κ3) is 4.63. The Morgan fingerprint density at radius 2 is 1.98 bits per heavy atom. The third-order valence-electron chi connectivity index (χ3n) is 8.60. The lowest BCUT2D eigenvalue weighted by molar-refractivity contribution is 0.188. The number of benzene rings is 2. The first-order chi connectivity index (χ1) is 19.5. The second kappa shape index (κ2) is 10.4. The molecule has 4 heterocycles. The number of aromatic amines is 1. The summed E-state index contributed by atoms with van der Waals surface area (Å²) in [6.45, 7) is 8.58. The standard InChI is InChI=1S/C30H36ClN7O2/c1-17-6-9-24-22(15-33-36-24)25(17)26-23(31)13-21-27(28(26)40-20-7-8-20)34-30(39-16-19-5-4-11-37(19)3)35-29(21)38-12-10-32-14-18(38)2/h6,9,13,15,18-20,32H,4-5,7-8,10-12,14,16H2,1-3H3,(H,33,36)/t18-,19-/m0/s1. The van der Waals surface area contributed by atoms with Gasteiger partial charge in [0, 0.05) is 53.6 Å². The van der Waals surface area contributed by atoms with Gasteiger partial charge in [-0.15, -0.1) is 0 Å². The molecule has 3 fully saturated rings. The van der Waals surface area contributed by atoms with E-state index in [1.54, 1.807) is 0 Å². The van der Waals surface area contributed by atoms with Gasteiger partial charge in [-0.1, -0.05) is 17.7 Å². The second-order valence-corrected chi connectivity index (χ2v) is 11.9. The van der Waals surface area contributed by atoms with Crippen molar-refractivity contribution in [3.63, 3.8) is 0 Å². The predicted octanol–water partition coefficient (Wildman–Crippen LogP) is 4.95. The molecule has 4 aromatic rings. The first kappa shape index (κ1) is 25.8. The molecule has 2 aromatic heterocycles. The molecule has 210 valence electrons. The highest BCUT2D eigenvalue weighted by molar-refractivity contribution is 6.35. The maximum Gasteiger partial charge on any atom is 0.319 e. The average Bonchev–Trinajstić information content (AvgIpc) is 3.47. The predicted molar refractivity (Wildman–Crippen MR) is 159 cm³/mol. The van der Waals surface area contributed by atoms with Crippen LogP contribution < -0.4 is 19.7 Å². The van der Waals surface area contributed by atoms with Crippen LogP contribution in [0.3, 0.4) is 0 Å². The molecule has 2 saturated heterocycles. The van der Waals surface area contributed by atoms with Gasteiger partial charge in [-0.2, -0.15) is 15.1 Å². The zero-order valence-electron chi connectivity index (χ0n) is 23.3. The maximum atomic E-state index is 7.20. The number of likely N-dealkylation sites (tertiary alicyclic amines) is 1. The quantitative estimate of drug-likeness (QED) is 0.328. The molecule has 2 aliphatic heterocycles. The molecule has 1 aliphatic carbocycles. The van der Waals surface area contributed by atoms with Crippen molar-refractivity contribution in [1.29, 1.82) is 0 Å². The Morgan fingerprint density at radius 3 is 2.75 bits per heavy atom. The number of likely N-dealkylation sites (N-methyl/N-ethyl adjacent to an activating group) is 1. The summed E-state index contributed by atoms with van der Waals surface area (Å²) < 4.78 is 13.1. The number of nitrogens with zero attached hydrogens (tertiary/aromatic N) is 5. The van der Waals surface area contributed by atoms with Crippen molar-refractivity contribution in [2.75, 3.05) is 44.7 Å². The molecule has 9 nitrogen and oxygen atoms in total. The number of anilines is 1. The fourth-order valence-corrected chi connectivity index (χ4v) is 6.42. The number of aromatic nitrogens is 4. The van der Waals surface area contributed by atoms with Gasteiger partial charge in [0.25, 0.3) is 0 Å². The van der Waals surface area contributed by atoms with Crippen molar-refractivity contribution in [2.45, 2.75) is 57.7 Å². The molecule has 40 heavy (non-hydrogen) atoms. The molecule has 0 unspecified atom stereocenters. The minimum atomic E-state index is 0.150. The molecule has 0 amide bonds. The van der Waals surface area contributed by atoms with Gasteiger partial charge in [0.15, 0.2) is 5.75 Å². The molecule has 10 heteroatoms. The third-order valence-corrected chi connectivity index (χ3v) is 8.90. The highest BCUT2D eigenvalue weighted by atomic mass is 35.5. The lowest BCUT2D eigenvalue weighted by Crippen LogP contribution is -2.50. The number of H-pyrrole nitrogens is 1. The summed E-state index contributed by atoms with van der Waals surface area (Å²) in [5, 5.41) is 13.4. The SMILES string of the molecule is Cc1ccc2[nH]ncc2c1-c1c(Cl)cc2c(N3CCNC[C@@H]3C)nc(OC[C@@H]3CCCN3C)nc2c1OC1CC1. The Kier molecular flexibility index (Phi) is 6.68. The Morgan fingerprint density at radius 1 is 1.10 bits per heavy atom. The molecule has 0 spiro atoms. The van der Waals surface area contributed by atoms with Gasteiger partial charge in [0.2, 0.25) is 0 Å². The molecule has 1 saturated carbocycles. The molecule has 2 aromatic carbocycles. The van der Waals surface area contributed by atoms with E-state index >= 15 is 0 Å². The summed E-state index contributed by atoms with van der Waals surface area (Å²) in [5.41, 5.74) is 4.67. The molecular weight excluding hydrogens is 526 g/mol. The van der Waals surface area contributed by atoms with E-state index in [-0.39, 0.29) is 12.1 Å². The number of hydrogen-bond donors (Lipinski definition) is 2. The van der Waals surface area contributed by atoms with Gasteiger partial charge >= 0.3 is 6.01 Å². The lowest BCUT2D eigenvalue weighted by atomic mass is 9.94. The second-order valence-electron chi connectivity index (χ2n) is 11.5. The van der Waals surface area contributed by atoms with Crippen LogP contribution in [0.15, 0.2) is 24.4 Å². The van der Waals surface area contributed by atoms with E-state index < -0.39 is 0 Å². The topological polar surface area (TPSA) is 91.4 Å². The fraction of sp³-hybridized carbons (Fsp3) is 0.500. The van der Waals surface area contributed by atoms with Crippen LogP contribution >= 0.6 is 11.6 Å². The number of ether oxygens (including phenoxy) is 2. The van der Waals surface area contributed by atoms with E-state index in [2.05, 4.69) is 58.3 Å². The fourth-order valence-electron chi connectivity index (χ4n) is 6.13. The lowest BCUT2D eigenvalue weighted by Gasteiger charge is -2.35. The summed E-state index contributed by atoms with van der Waals surface area (Å²) in [5.74, 6) is 1.55. The van der Waals surface area contributed by atoms with Crippen LogP contribution in [-0.2, 0) is 0 Å². The number of fused-ring (bicyclic) bond motifs is 2. The first-order valence-corrected chi connectivity index (χ1v) is 14.8. The molecule has 0 radical (unpaired) electrons. The summed E-state index contributed by atoms with van der Waals surface area (Å²) in [6, 6.07) is 7.18. The number of hydrogen-bond acceptors (Lipinski definition) is 8. The maximum absolute atomic E-state index is 7.20. The summed E-state index contributed by atoms with van der Waals surface area (Å²) in [6.07, 6.45) is 6.36. The van der Waals surface area contributed by atoms with Crippen molar-refractivity contribution in [2.24, 2.45) is 0 Å². The van der Waals surface area contributed by atoms with Crippen LogP contribution in [0, 0.1) is 6.92 Å². The Hall–Kier alpha value is -3.14. The molecule has 3 aliphatic rings. The number of piperazine rings is 1. The largest absolute Gasteiger partial charge is 0.487 e. The van der Waals surface area contributed by atoms with Crippen molar-refractivity contribution in [3.8, 4) is 22.9 Å². The van der Waals surface area contributed by atoms with E-state index in [1.165, 1.54) is 6.42 Å². The van der Waals surface area contributed by atoms with Crippen LogP contribution in [0.4, 0.5) is 5.82 Å².